The number of hydrogen-bond donors (Lipinski definition) is 6. The molecule has 12 nitrogen and oxygen atoms in total. The van der Waals surface area contributed by atoms with Crippen LogP contribution in [0.1, 0.15) is 168 Å². The van der Waals surface area contributed by atoms with Crippen molar-refractivity contribution in [1.29, 1.82) is 0 Å². The molecule has 0 aromatic rings. The van der Waals surface area contributed by atoms with Gasteiger partial charge < -0.3 is 39.9 Å². The summed E-state index contributed by atoms with van der Waals surface area (Å²) in [6.45, 7) is 3.99. The molecule has 1 rings (SSSR count). The van der Waals surface area contributed by atoms with Gasteiger partial charge in [0.15, 0.2) is 0 Å². The van der Waals surface area contributed by atoms with Crippen LogP contribution < -0.4 is 0 Å². The molecule has 0 bridgehead atoms. The minimum Gasteiger partial charge on any atom is -0.457 e. The zero-order valence-electron chi connectivity index (χ0n) is 39.3. The predicted octanol–water partition coefficient (Wildman–Crippen LogP) is 10.5. The van der Waals surface area contributed by atoms with Gasteiger partial charge in [-0.25, -0.2) is 4.57 Å². The quantitative estimate of drug-likeness (QED) is 0.0148. The molecule has 0 aromatic carbocycles. The van der Waals surface area contributed by atoms with E-state index in [1.54, 1.807) is 0 Å². The van der Waals surface area contributed by atoms with Crippen molar-refractivity contribution >= 4 is 13.8 Å². The molecule has 0 spiro atoms. The Morgan fingerprint density at radius 1 is 0.500 bits per heavy atom. The third-order valence-electron chi connectivity index (χ3n) is 10.8. The molecule has 1 saturated carbocycles. The second kappa shape index (κ2) is 40.8. The van der Waals surface area contributed by atoms with E-state index < -0.39 is 63.1 Å². The number of phosphoric acid groups is 1. The van der Waals surface area contributed by atoms with Crippen molar-refractivity contribution in [3.05, 3.63) is 85.1 Å². The summed E-state index contributed by atoms with van der Waals surface area (Å²) in [6, 6.07) is 0. The van der Waals surface area contributed by atoms with Gasteiger partial charge in [-0.3, -0.25) is 13.8 Å². The molecule has 1 fully saturated rings. The summed E-state index contributed by atoms with van der Waals surface area (Å²) in [4.78, 5) is 23.2. The number of aliphatic hydroxyl groups is 5. The van der Waals surface area contributed by atoms with Gasteiger partial charge >= 0.3 is 13.8 Å². The maximum absolute atomic E-state index is 12.8. The number of allylic oxidation sites excluding steroid dienone is 14. The largest absolute Gasteiger partial charge is 0.472 e. The van der Waals surface area contributed by atoms with Crippen LogP contribution in [-0.2, 0) is 27.9 Å². The van der Waals surface area contributed by atoms with Crippen LogP contribution in [0.25, 0.3) is 0 Å². The molecule has 0 radical (unpaired) electrons. The fraction of sp³-hybridized carbons (Fsp3) is 0.706. The first-order chi connectivity index (χ1) is 31.0. The van der Waals surface area contributed by atoms with Crippen molar-refractivity contribution in [3.8, 4) is 0 Å². The topological polar surface area (TPSA) is 192 Å². The van der Waals surface area contributed by atoms with Crippen molar-refractivity contribution < 1.29 is 58.3 Å². The highest BCUT2D eigenvalue weighted by atomic mass is 31.2. The summed E-state index contributed by atoms with van der Waals surface area (Å²) in [5.41, 5.74) is 0. The van der Waals surface area contributed by atoms with Crippen LogP contribution in [0.3, 0.4) is 0 Å². The van der Waals surface area contributed by atoms with Crippen LogP contribution >= 0.6 is 7.82 Å². The minimum atomic E-state index is -5.03. The van der Waals surface area contributed by atoms with Gasteiger partial charge in [-0.2, -0.15) is 0 Å². The second-order valence-corrected chi connectivity index (χ2v) is 18.0. The lowest BCUT2D eigenvalue weighted by Crippen LogP contribution is -2.64. The maximum atomic E-state index is 12.8. The Morgan fingerprint density at radius 3 is 1.33 bits per heavy atom. The lowest BCUT2D eigenvalue weighted by Gasteiger charge is -2.41. The zero-order valence-corrected chi connectivity index (χ0v) is 40.2. The number of ether oxygens (including phenoxy) is 2. The van der Waals surface area contributed by atoms with Gasteiger partial charge in [0.05, 0.1) is 13.2 Å². The van der Waals surface area contributed by atoms with Crippen molar-refractivity contribution in [1.82, 2.24) is 0 Å². The summed E-state index contributed by atoms with van der Waals surface area (Å²) in [6.07, 6.45) is 42.2. The third kappa shape index (κ3) is 32.2. The van der Waals surface area contributed by atoms with Gasteiger partial charge in [0.2, 0.25) is 0 Å². The molecule has 6 unspecified atom stereocenters. The number of phosphoric ester groups is 1. The number of unbranched alkanes of at least 4 members (excludes halogenated alkanes) is 14. The van der Waals surface area contributed by atoms with Gasteiger partial charge in [0, 0.05) is 13.0 Å². The molecule has 1 aliphatic rings. The molecular weight excluding hydrogens is 836 g/mol. The number of carbonyl (C=O) groups excluding carboxylic acids is 1. The standard InChI is InChI=1S/C51H87O12P/c1-3-5-7-9-11-13-15-17-19-20-21-22-23-24-25-27-29-31-33-35-37-39-41-60-42-44(43-61-64(58,59)63-51-49(56)47(54)46(53)48(55)50(51)57)62-45(52)40-38-36-34-32-30-28-26-18-16-14-12-10-8-6-4-2/h5-8,11-14,17-19,21-22,26,44,46-51,53-57H,3-4,9-10,15-16,20,23-25,27-43H2,1-2H3,(H,58,59)/b7-5-,8-6-,13-11-,14-12-,19-17-,22-21-,26-18-. The summed E-state index contributed by atoms with van der Waals surface area (Å²) in [5.74, 6) is -0.500. The number of aliphatic hydroxyl groups excluding tert-OH is 5. The Balaban J connectivity index is 2.37. The Morgan fingerprint density at radius 2 is 0.875 bits per heavy atom. The van der Waals surface area contributed by atoms with E-state index in [1.807, 2.05) is 0 Å². The molecule has 6 N–H and O–H groups in total. The van der Waals surface area contributed by atoms with Crippen LogP contribution in [0, 0.1) is 0 Å². The fourth-order valence-electron chi connectivity index (χ4n) is 6.95. The molecule has 0 amide bonds. The molecule has 13 heteroatoms. The molecule has 0 saturated heterocycles. The van der Waals surface area contributed by atoms with E-state index in [-0.39, 0.29) is 13.0 Å². The van der Waals surface area contributed by atoms with E-state index in [0.29, 0.717) is 13.0 Å². The van der Waals surface area contributed by atoms with E-state index in [4.69, 9.17) is 18.5 Å². The lowest BCUT2D eigenvalue weighted by molar-refractivity contribution is -0.220. The highest BCUT2D eigenvalue weighted by Crippen LogP contribution is 2.47. The first kappa shape index (κ1) is 59.5. The van der Waals surface area contributed by atoms with E-state index in [1.165, 1.54) is 32.1 Å². The first-order valence-electron chi connectivity index (χ1n) is 24.4. The molecule has 6 atom stereocenters. The number of carbonyl (C=O) groups is 1. The maximum Gasteiger partial charge on any atom is 0.472 e. The highest BCUT2D eigenvalue weighted by molar-refractivity contribution is 7.47. The van der Waals surface area contributed by atoms with Crippen molar-refractivity contribution in [2.24, 2.45) is 0 Å². The van der Waals surface area contributed by atoms with Gasteiger partial charge in [-0.15, -0.1) is 0 Å². The van der Waals surface area contributed by atoms with Crippen molar-refractivity contribution in [2.45, 2.75) is 211 Å². The summed E-state index contributed by atoms with van der Waals surface area (Å²) >= 11 is 0. The molecule has 0 aromatic heterocycles. The van der Waals surface area contributed by atoms with E-state index in [0.717, 1.165) is 109 Å². The summed E-state index contributed by atoms with van der Waals surface area (Å²) < 4.78 is 34.2. The first-order valence-corrected chi connectivity index (χ1v) is 25.9. The van der Waals surface area contributed by atoms with Crippen LogP contribution in [0.2, 0.25) is 0 Å². The molecule has 64 heavy (non-hydrogen) atoms. The smallest absolute Gasteiger partial charge is 0.457 e. The normalized spacial score (nSPS) is 22.4. The molecule has 0 heterocycles. The van der Waals surface area contributed by atoms with E-state index in [2.05, 4.69) is 98.9 Å². The SMILES string of the molecule is CC/C=C\C/C=C\C/C=C\C/C=C\CCCCCCCCCCCOCC(COP(=O)(O)OC1C(O)C(O)C(O)C(O)C1O)OC(=O)CCCCCCC/C=C\C/C=C\C/C=C\CC. The Kier molecular flexibility index (Phi) is 37.9. The van der Waals surface area contributed by atoms with Crippen LogP contribution in [0.5, 0.6) is 0 Å². The zero-order chi connectivity index (χ0) is 46.9. The average Bonchev–Trinajstić information content (AvgIpc) is 3.28. The Labute approximate surface area is 386 Å². The molecule has 0 aliphatic heterocycles. The van der Waals surface area contributed by atoms with Crippen LogP contribution in [0.4, 0.5) is 0 Å². The van der Waals surface area contributed by atoms with Crippen molar-refractivity contribution in [2.75, 3.05) is 19.8 Å². The van der Waals surface area contributed by atoms with Gasteiger partial charge in [-0.05, 0) is 83.5 Å². The number of rotatable bonds is 40. The van der Waals surface area contributed by atoms with E-state index in [9.17, 15) is 39.8 Å². The van der Waals surface area contributed by atoms with Crippen LogP contribution in [0.15, 0.2) is 85.1 Å². The Bertz CT molecular complexity index is 1380. The van der Waals surface area contributed by atoms with Crippen molar-refractivity contribution in [3.63, 3.8) is 0 Å². The number of esters is 1. The highest BCUT2D eigenvalue weighted by Gasteiger charge is 2.51. The van der Waals surface area contributed by atoms with Gasteiger partial charge in [-0.1, -0.05) is 163 Å². The Hall–Kier alpha value is -2.48. The van der Waals surface area contributed by atoms with Gasteiger partial charge in [0.25, 0.3) is 0 Å². The second-order valence-electron chi connectivity index (χ2n) is 16.5. The lowest BCUT2D eigenvalue weighted by atomic mass is 9.85. The molecule has 1 aliphatic carbocycles. The van der Waals surface area contributed by atoms with E-state index >= 15 is 0 Å². The number of hydrogen-bond acceptors (Lipinski definition) is 11. The monoisotopic (exact) mass is 923 g/mol. The average molecular weight is 923 g/mol. The molecular formula is C51H87O12P. The van der Waals surface area contributed by atoms with Gasteiger partial charge in [0.1, 0.15) is 42.7 Å². The predicted molar refractivity (Wildman–Crippen MR) is 258 cm³/mol. The third-order valence-corrected chi connectivity index (χ3v) is 11.7. The van der Waals surface area contributed by atoms with Crippen LogP contribution in [-0.4, -0.2) is 98.9 Å². The minimum absolute atomic E-state index is 0.0931. The summed E-state index contributed by atoms with van der Waals surface area (Å²) in [7, 11) is -5.03. The fourth-order valence-corrected chi connectivity index (χ4v) is 7.92. The molecule has 368 valence electrons. The summed E-state index contributed by atoms with van der Waals surface area (Å²) in [5, 5.41) is 50.2.